The average Bonchev–Trinajstić information content (AvgIpc) is 2.90. The molecule has 1 aromatic rings. The molecule has 5 atom stereocenters. The quantitative estimate of drug-likeness (QED) is 0.866. The van der Waals surface area contributed by atoms with Gasteiger partial charge in [0.15, 0.2) is 0 Å². The summed E-state index contributed by atoms with van der Waals surface area (Å²) in [7, 11) is 0. The molecular weight excluding hydrogens is 284 g/mol. The van der Waals surface area contributed by atoms with Crippen LogP contribution in [0.2, 0.25) is 0 Å². The van der Waals surface area contributed by atoms with Crippen LogP contribution in [0.5, 0.6) is 0 Å². The summed E-state index contributed by atoms with van der Waals surface area (Å²) < 4.78 is 0. The second-order valence-corrected chi connectivity index (χ2v) is 8.23. The summed E-state index contributed by atoms with van der Waals surface area (Å²) >= 11 is 0. The number of nitrogens with two attached hydrogens (primary N) is 1. The number of benzene rings is 1. The molecule has 3 heteroatoms. The predicted molar refractivity (Wildman–Crippen MR) is 92.0 cm³/mol. The number of hydrogen-bond acceptors (Lipinski definition) is 2. The van der Waals surface area contributed by atoms with E-state index in [1.807, 2.05) is 0 Å². The molecule has 2 fully saturated rings. The molecule has 23 heavy (non-hydrogen) atoms. The van der Waals surface area contributed by atoms with Crippen molar-refractivity contribution in [3.63, 3.8) is 0 Å². The topological polar surface area (TPSA) is 46.3 Å². The zero-order valence-corrected chi connectivity index (χ0v) is 14.7. The van der Waals surface area contributed by atoms with Crippen LogP contribution in [0.1, 0.15) is 48.9 Å². The van der Waals surface area contributed by atoms with Gasteiger partial charge in [0, 0.05) is 12.5 Å². The average molecular weight is 312 g/mol. The minimum Gasteiger partial charge on any atom is -0.330 e. The summed E-state index contributed by atoms with van der Waals surface area (Å²) in [5, 5.41) is 0. The van der Waals surface area contributed by atoms with Crippen molar-refractivity contribution in [2.24, 2.45) is 23.5 Å². The van der Waals surface area contributed by atoms with E-state index in [9.17, 15) is 4.79 Å². The fourth-order valence-electron chi connectivity index (χ4n) is 5.98. The molecule has 3 nitrogen and oxygen atoms in total. The molecule has 0 radical (unpaired) electrons. The number of hydrogen-bond donors (Lipinski definition) is 1. The van der Waals surface area contributed by atoms with E-state index in [4.69, 9.17) is 5.73 Å². The predicted octanol–water partition coefficient (Wildman–Crippen LogP) is 2.91. The monoisotopic (exact) mass is 312 g/mol. The third-order valence-electron chi connectivity index (χ3n) is 7.00. The van der Waals surface area contributed by atoms with E-state index in [0.29, 0.717) is 42.7 Å². The lowest BCUT2D eigenvalue weighted by molar-refractivity contribution is -0.135. The molecule has 1 aromatic carbocycles. The minimum absolute atomic E-state index is 0.0913. The summed E-state index contributed by atoms with van der Waals surface area (Å²) in [6.45, 7) is 9.64. The number of carbonyl (C=O) groups excluding carboxylic acids is 1. The summed E-state index contributed by atoms with van der Waals surface area (Å²) in [5.74, 6) is 1.78. The molecule has 0 aromatic heterocycles. The van der Waals surface area contributed by atoms with Crippen molar-refractivity contribution in [3.8, 4) is 0 Å². The Bertz CT molecular complexity index is 682. The molecule has 2 aliphatic heterocycles. The van der Waals surface area contributed by atoms with Crippen LogP contribution in [0, 0.1) is 31.6 Å². The van der Waals surface area contributed by atoms with E-state index in [-0.39, 0.29) is 5.54 Å². The maximum Gasteiger partial charge on any atom is 0.223 e. The van der Waals surface area contributed by atoms with Crippen LogP contribution < -0.4 is 5.73 Å². The standard InChI is InChI=1S/C20H28N2O/c1-11-5-15-7-14(4)22-19(23)8-18-16(10-21)13(3)9-20(18,22)17(15)6-12(11)2/h5-6,13-14,16,18H,7-10,21H2,1-4H3/t13-,14?,16+,18-,20?/m0/s1. The highest BCUT2D eigenvalue weighted by atomic mass is 16.2. The number of rotatable bonds is 1. The number of amides is 1. The van der Waals surface area contributed by atoms with E-state index >= 15 is 0 Å². The summed E-state index contributed by atoms with van der Waals surface area (Å²) in [6, 6.07) is 5.04. The molecular formula is C20H28N2O. The van der Waals surface area contributed by atoms with Crippen molar-refractivity contribution in [1.29, 1.82) is 0 Å². The van der Waals surface area contributed by atoms with Crippen molar-refractivity contribution >= 4 is 5.91 Å². The molecule has 2 unspecified atom stereocenters. The first kappa shape index (κ1) is 15.2. The first-order valence-corrected chi connectivity index (χ1v) is 9.03. The van der Waals surface area contributed by atoms with Crippen LogP contribution in [-0.4, -0.2) is 23.4 Å². The lowest BCUT2D eigenvalue weighted by Crippen LogP contribution is -2.54. The Morgan fingerprint density at radius 2 is 1.91 bits per heavy atom. The first-order chi connectivity index (χ1) is 10.9. The highest BCUT2D eigenvalue weighted by Gasteiger charge is 2.64. The second kappa shape index (κ2) is 4.83. The molecule has 124 valence electrons. The maximum atomic E-state index is 12.8. The molecule has 1 aliphatic carbocycles. The Morgan fingerprint density at radius 1 is 1.22 bits per heavy atom. The van der Waals surface area contributed by atoms with Gasteiger partial charge in [-0.1, -0.05) is 19.1 Å². The fraction of sp³-hybridized carbons (Fsp3) is 0.650. The molecule has 1 saturated carbocycles. The molecule has 4 rings (SSSR count). The highest BCUT2D eigenvalue weighted by Crippen LogP contribution is 2.61. The largest absolute Gasteiger partial charge is 0.330 e. The number of fused-ring (bicyclic) bond motifs is 1. The molecule has 1 saturated heterocycles. The lowest BCUT2D eigenvalue weighted by atomic mass is 9.72. The minimum atomic E-state index is -0.0913. The zero-order chi connectivity index (χ0) is 16.5. The van der Waals surface area contributed by atoms with E-state index in [1.54, 1.807) is 0 Å². The zero-order valence-electron chi connectivity index (χ0n) is 14.7. The third-order valence-corrected chi connectivity index (χ3v) is 7.00. The van der Waals surface area contributed by atoms with Crippen molar-refractivity contribution in [2.45, 2.75) is 58.5 Å². The highest BCUT2D eigenvalue weighted by molar-refractivity contribution is 5.82. The number of aryl methyl sites for hydroxylation is 2. The van der Waals surface area contributed by atoms with Crippen molar-refractivity contribution in [3.05, 3.63) is 34.4 Å². The van der Waals surface area contributed by atoms with Crippen LogP contribution >= 0.6 is 0 Å². The smallest absolute Gasteiger partial charge is 0.223 e. The van der Waals surface area contributed by atoms with Gasteiger partial charge in [-0.25, -0.2) is 0 Å². The van der Waals surface area contributed by atoms with Gasteiger partial charge in [0.25, 0.3) is 0 Å². The third kappa shape index (κ3) is 1.77. The van der Waals surface area contributed by atoms with Gasteiger partial charge in [0.2, 0.25) is 5.91 Å². The Kier molecular flexibility index (Phi) is 3.19. The van der Waals surface area contributed by atoms with E-state index in [2.05, 4.69) is 44.7 Å². The Hall–Kier alpha value is -1.35. The van der Waals surface area contributed by atoms with Gasteiger partial charge in [0.1, 0.15) is 0 Å². The van der Waals surface area contributed by atoms with Gasteiger partial charge in [-0.2, -0.15) is 0 Å². The number of carbonyl (C=O) groups is 1. The van der Waals surface area contributed by atoms with Gasteiger partial charge in [-0.05, 0) is 80.2 Å². The Balaban J connectivity index is 1.97. The summed E-state index contributed by atoms with van der Waals surface area (Å²) in [6.07, 6.45) is 2.74. The Morgan fingerprint density at radius 3 is 2.61 bits per heavy atom. The molecule has 2 heterocycles. The summed E-state index contributed by atoms with van der Waals surface area (Å²) in [4.78, 5) is 15.1. The molecule has 3 aliphatic rings. The molecule has 2 N–H and O–H groups in total. The van der Waals surface area contributed by atoms with Crippen LogP contribution in [-0.2, 0) is 16.8 Å². The maximum absolute atomic E-state index is 12.8. The van der Waals surface area contributed by atoms with Gasteiger partial charge in [-0.15, -0.1) is 0 Å². The van der Waals surface area contributed by atoms with E-state index < -0.39 is 0 Å². The molecule has 0 bridgehead atoms. The van der Waals surface area contributed by atoms with E-state index in [1.165, 1.54) is 22.3 Å². The van der Waals surface area contributed by atoms with Gasteiger partial charge in [0.05, 0.1) is 5.54 Å². The summed E-state index contributed by atoms with van der Waals surface area (Å²) in [5.41, 5.74) is 11.6. The van der Waals surface area contributed by atoms with Crippen molar-refractivity contribution in [1.82, 2.24) is 4.90 Å². The van der Waals surface area contributed by atoms with Crippen molar-refractivity contribution in [2.75, 3.05) is 6.54 Å². The first-order valence-electron chi connectivity index (χ1n) is 9.03. The normalized spacial score (nSPS) is 38.5. The Labute approximate surface area is 139 Å². The lowest BCUT2D eigenvalue weighted by Gasteiger charge is -2.48. The van der Waals surface area contributed by atoms with Crippen LogP contribution in [0.25, 0.3) is 0 Å². The fourth-order valence-corrected chi connectivity index (χ4v) is 5.98. The van der Waals surface area contributed by atoms with Crippen molar-refractivity contribution < 1.29 is 4.79 Å². The van der Waals surface area contributed by atoms with Crippen LogP contribution in [0.15, 0.2) is 12.1 Å². The van der Waals surface area contributed by atoms with Gasteiger partial charge in [-0.3, -0.25) is 4.79 Å². The van der Waals surface area contributed by atoms with Crippen LogP contribution in [0.3, 0.4) is 0 Å². The van der Waals surface area contributed by atoms with Gasteiger partial charge >= 0.3 is 0 Å². The van der Waals surface area contributed by atoms with E-state index in [0.717, 1.165) is 12.8 Å². The number of nitrogens with zero attached hydrogens (tertiary/aromatic N) is 1. The van der Waals surface area contributed by atoms with Gasteiger partial charge < -0.3 is 10.6 Å². The SMILES string of the molecule is Cc1cc2c(cc1C)C13C[C@H](C)[C@@H](CN)[C@@H]1CC(=O)N3C(C)C2. The second-order valence-electron chi connectivity index (χ2n) is 8.23. The van der Waals surface area contributed by atoms with Crippen LogP contribution in [0.4, 0.5) is 0 Å². The molecule has 1 amide bonds. The molecule has 1 spiro atoms.